The quantitative estimate of drug-likeness (QED) is 0.905. The van der Waals surface area contributed by atoms with Crippen LogP contribution in [0.15, 0.2) is 48.5 Å². The second-order valence-corrected chi connectivity index (χ2v) is 4.83. The summed E-state index contributed by atoms with van der Waals surface area (Å²) in [6.07, 6.45) is -5.18. The van der Waals surface area contributed by atoms with E-state index in [1.54, 1.807) is 24.3 Å². The average Bonchev–Trinajstić information content (AvgIpc) is 2.44. The first kappa shape index (κ1) is 15.7. The molecule has 0 aliphatic rings. The Balaban J connectivity index is 2.32. The van der Waals surface area contributed by atoms with Crippen LogP contribution in [0.1, 0.15) is 17.2 Å². The maximum atomic E-state index is 12.9. The minimum atomic E-state index is -4.48. The zero-order valence-electron chi connectivity index (χ0n) is 10.9. The van der Waals surface area contributed by atoms with Gasteiger partial charge in [-0.2, -0.15) is 13.2 Å². The van der Waals surface area contributed by atoms with Gasteiger partial charge in [0, 0.05) is 11.6 Å². The second-order valence-electron chi connectivity index (χ2n) is 4.39. The highest BCUT2D eigenvalue weighted by atomic mass is 35.5. The Bertz CT molecular complexity index is 616. The van der Waals surface area contributed by atoms with E-state index in [0.29, 0.717) is 10.6 Å². The van der Waals surface area contributed by atoms with Crippen molar-refractivity contribution in [3.63, 3.8) is 0 Å². The normalized spacial score (nSPS) is 13.0. The fourth-order valence-corrected chi connectivity index (χ4v) is 2.11. The topological polar surface area (TPSA) is 35.2 Å². The van der Waals surface area contributed by atoms with Crippen LogP contribution in [0.4, 0.5) is 13.2 Å². The summed E-state index contributed by atoms with van der Waals surface area (Å²) in [7, 11) is 0. The zero-order valence-corrected chi connectivity index (χ0v) is 11.7. The van der Waals surface area contributed by atoms with E-state index in [1.807, 2.05) is 0 Å². The number of ether oxygens (including phenoxy) is 1. The predicted molar refractivity (Wildman–Crippen MR) is 75.3 cm³/mol. The summed E-state index contributed by atoms with van der Waals surface area (Å²) in [5, 5.41) is 0.471. The highest BCUT2D eigenvalue weighted by Gasteiger charge is 2.34. The summed E-state index contributed by atoms with van der Waals surface area (Å²) >= 11 is 5.88. The van der Waals surface area contributed by atoms with Crippen molar-refractivity contribution in [3.8, 4) is 5.75 Å². The van der Waals surface area contributed by atoms with Crippen LogP contribution in [-0.4, -0.2) is 6.54 Å². The van der Waals surface area contributed by atoms with Gasteiger partial charge in [-0.05, 0) is 29.8 Å². The van der Waals surface area contributed by atoms with E-state index in [2.05, 4.69) is 0 Å². The zero-order chi connectivity index (χ0) is 15.5. The van der Waals surface area contributed by atoms with Crippen LogP contribution in [-0.2, 0) is 6.18 Å². The molecule has 6 heteroatoms. The summed E-state index contributed by atoms with van der Waals surface area (Å²) in [6, 6.07) is 11.7. The molecule has 0 saturated carbocycles. The predicted octanol–water partition coefficient (Wildman–Crippen LogP) is 4.44. The fraction of sp³-hybridized carbons (Fsp3) is 0.200. The van der Waals surface area contributed by atoms with Gasteiger partial charge in [-0.15, -0.1) is 0 Å². The Morgan fingerprint density at radius 3 is 2.43 bits per heavy atom. The van der Waals surface area contributed by atoms with Crippen LogP contribution in [0.3, 0.4) is 0 Å². The van der Waals surface area contributed by atoms with Crippen LogP contribution < -0.4 is 10.5 Å². The summed E-state index contributed by atoms with van der Waals surface area (Å²) < 4.78 is 44.3. The number of para-hydroxylation sites is 1. The van der Waals surface area contributed by atoms with Crippen LogP contribution in [0.2, 0.25) is 5.02 Å². The van der Waals surface area contributed by atoms with Gasteiger partial charge in [-0.1, -0.05) is 35.9 Å². The van der Waals surface area contributed by atoms with Gasteiger partial charge < -0.3 is 10.5 Å². The Morgan fingerprint density at radius 1 is 1.10 bits per heavy atom. The number of alkyl halides is 3. The molecule has 0 aliphatic heterocycles. The van der Waals surface area contributed by atoms with Gasteiger partial charge in [0.25, 0.3) is 0 Å². The van der Waals surface area contributed by atoms with Gasteiger partial charge >= 0.3 is 6.18 Å². The minimum absolute atomic E-state index is 0.0343. The van der Waals surface area contributed by atoms with Crippen molar-refractivity contribution in [2.24, 2.45) is 5.73 Å². The van der Waals surface area contributed by atoms with Crippen molar-refractivity contribution < 1.29 is 17.9 Å². The van der Waals surface area contributed by atoms with Crippen LogP contribution >= 0.6 is 11.6 Å². The maximum absolute atomic E-state index is 12.9. The van der Waals surface area contributed by atoms with Crippen molar-refractivity contribution in [1.82, 2.24) is 0 Å². The van der Waals surface area contributed by atoms with E-state index in [0.717, 1.165) is 6.07 Å². The molecule has 2 aromatic rings. The van der Waals surface area contributed by atoms with E-state index < -0.39 is 17.8 Å². The Labute approximate surface area is 125 Å². The molecule has 2 N–H and O–H groups in total. The molecule has 2 aromatic carbocycles. The lowest BCUT2D eigenvalue weighted by Crippen LogP contribution is -2.20. The third kappa shape index (κ3) is 3.89. The Kier molecular flexibility index (Phi) is 4.75. The van der Waals surface area contributed by atoms with Gasteiger partial charge in [-0.3, -0.25) is 0 Å². The molecule has 1 atom stereocenters. The molecular weight excluding hydrogens is 303 g/mol. The lowest BCUT2D eigenvalue weighted by atomic mass is 10.1. The second kappa shape index (κ2) is 6.37. The van der Waals surface area contributed by atoms with Crippen molar-refractivity contribution in [2.75, 3.05) is 6.54 Å². The first-order valence-corrected chi connectivity index (χ1v) is 6.58. The molecule has 112 valence electrons. The number of hydrogen-bond donors (Lipinski definition) is 1. The first-order chi connectivity index (χ1) is 9.91. The molecule has 2 rings (SSSR count). The van der Waals surface area contributed by atoms with E-state index in [1.165, 1.54) is 18.2 Å². The van der Waals surface area contributed by atoms with Gasteiger partial charge in [0.1, 0.15) is 11.9 Å². The SMILES string of the molecule is NCC(Oc1ccccc1C(F)(F)F)c1cccc(Cl)c1. The lowest BCUT2D eigenvalue weighted by molar-refractivity contribution is -0.139. The Morgan fingerprint density at radius 2 is 1.81 bits per heavy atom. The van der Waals surface area contributed by atoms with Crippen molar-refractivity contribution in [1.29, 1.82) is 0 Å². The standard InChI is InChI=1S/C15H13ClF3NO/c16-11-5-3-4-10(8-11)14(9-20)21-13-7-2-1-6-12(13)15(17,18)19/h1-8,14H,9,20H2. The number of rotatable bonds is 4. The van der Waals surface area contributed by atoms with Crippen molar-refractivity contribution >= 4 is 11.6 Å². The molecule has 0 heterocycles. The van der Waals surface area contributed by atoms with E-state index >= 15 is 0 Å². The molecule has 0 spiro atoms. The Hall–Kier alpha value is -1.72. The van der Waals surface area contributed by atoms with E-state index in [4.69, 9.17) is 22.1 Å². The molecule has 0 fully saturated rings. The van der Waals surface area contributed by atoms with Crippen molar-refractivity contribution in [2.45, 2.75) is 12.3 Å². The average molecular weight is 316 g/mol. The highest BCUT2D eigenvalue weighted by Crippen LogP contribution is 2.37. The smallest absolute Gasteiger partial charge is 0.419 e. The van der Waals surface area contributed by atoms with Gasteiger partial charge in [0.15, 0.2) is 0 Å². The summed E-state index contributed by atoms with van der Waals surface area (Å²) in [5.41, 5.74) is 5.41. The first-order valence-electron chi connectivity index (χ1n) is 6.20. The molecule has 0 aromatic heterocycles. The third-order valence-electron chi connectivity index (χ3n) is 2.90. The number of benzene rings is 2. The highest BCUT2D eigenvalue weighted by molar-refractivity contribution is 6.30. The van der Waals surface area contributed by atoms with Gasteiger partial charge in [0.2, 0.25) is 0 Å². The van der Waals surface area contributed by atoms with Gasteiger partial charge in [0.05, 0.1) is 5.56 Å². The maximum Gasteiger partial charge on any atom is 0.419 e. The van der Waals surface area contributed by atoms with E-state index in [-0.39, 0.29) is 12.3 Å². The molecule has 0 aliphatic carbocycles. The number of nitrogens with two attached hydrogens (primary N) is 1. The monoisotopic (exact) mass is 315 g/mol. The third-order valence-corrected chi connectivity index (χ3v) is 3.13. The molecule has 0 saturated heterocycles. The summed E-state index contributed by atoms with van der Waals surface area (Å²) in [5.74, 6) is -0.250. The molecule has 0 radical (unpaired) electrons. The molecule has 21 heavy (non-hydrogen) atoms. The molecule has 2 nitrogen and oxygen atoms in total. The molecular formula is C15H13ClF3NO. The van der Waals surface area contributed by atoms with Gasteiger partial charge in [-0.25, -0.2) is 0 Å². The van der Waals surface area contributed by atoms with Crippen LogP contribution in [0.5, 0.6) is 5.75 Å². The number of halogens is 4. The summed E-state index contributed by atoms with van der Waals surface area (Å²) in [6.45, 7) is 0.0343. The van der Waals surface area contributed by atoms with Crippen LogP contribution in [0.25, 0.3) is 0 Å². The number of hydrogen-bond acceptors (Lipinski definition) is 2. The largest absolute Gasteiger partial charge is 0.484 e. The molecule has 0 amide bonds. The fourth-order valence-electron chi connectivity index (χ4n) is 1.92. The minimum Gasteiger partial charge on any atom is -0.484 e. The van der Waals surface area contributed by atoms with Crippen molar-refractivity contribution in [3.05, 3.63) is 64.7 Å². The lowest BCUT2D eigenvalue weighted by Gasteiger charge is -2.21. The molecule has 1 unspecified atom stereocenters. The summed E-state index contributed by atoms with van der Waals surface area (Å²) in [4.78, 5) is 0. The van der Waals surface area contributed by atoms with Crippen LogP contribution in [0, 0.1) is 0 Å². The molecule has 0 bridgehead atoms. The van der Waals surface area contributed by atoms with E-state index in [9.17, 15) is 13.2 Å².